The molecule has 0 fully saturated rings. The van der Waals surface area contributed by atoms with Crippen LogP contribution in [0, 0.1) is 10.1 Å². The van der Waals surface area contributed by atoms with Gasteiger partial charge in [-0.15, -0.1) is 0 Å². The number of rotatable bonds is 13. The van der Waals surface area contributed by atoms with Crippen LogP contribution >= 0.6 is 7.14 Å². The fraction of sp³-hybridized carbons (Fsp3) is 0.132. The molecule has 0 aromatic heterocycles. The van der Waals surface area contributed by atoms with Gasteiger partial charge in [-0.05, 0) is 65.8 Å². The van der Waals surface area contributed by atoms with Crippen LogP contribution in [-0.2, 0) is 20.8 Å². The number of ketones is 1. The number of hydrogen-bond acceptors (Lipinski definition) is 11. The van der Waals surface area contributed by atoms with Crippen molar-refractivity contribution < 1.29 is 57.8 Å². The smallest absolute Gasteiger partial charge is 0.341 e. The molecule has 0 amide bonds. The molecule has 1 aliphatic heterocycles. The van der Waals surface area contributed by atoms with Gasteiger partial charge in [-0.1, -0.05) is 30.3 Å². The highest BCUT2D eigenvalue weighted by atomic mass is 31.2. The first-order chi connectivity index (χ1) is 25.4. The van der Waals surface area contributed by atoms with Crippen LogP contribution < -0.4 is 34.3 Å². The van der Waals surface area contributed by atoms with Crippen LogP contribution in [0.1, 0.15) is 27.0 Å². The van der Waals surface area contributed by atoms with Crippen molar-refractivity contribution in [3.8, 4) is 28.7 Å². The molecule has 1 unspecified atom stereocenters. The van der Waals surface area contributed by atoms with Crippen molar-refractivity contribution in [2.75, 3.05) is 27.9 Å². The van der Waals surface area contributed by atoms with Gasteiger partial charge in [0.15, 0.2) is 31.0 Å². The Labute approximate surface area is 301 Å². The van der Waals surface area contributed by atoms with Crippen LogP contribution in [0.5, 0.6) is 28.7 Å². The predicted octanol–water partition coefficient (Wildman–Crippen LogP) is 5.51. The molecular formula is C38H30NO13P. The molecule has 0 spiro atoms. The van der Waals surface area contributed by atoms with Gasteiger partial charge in [0.2, 0.25) is 0 Å². The zero-order chi connectivity index (χ0) is 38.0. The molecule has 270 valence electrons. The molecule has 0 saturated carbocycles. The molecule has 0 radical (unpaired) electrons. The van der Waals surface area contributed by atoms with E-state index in [1.54, 1.807) is 48.5 Å². The zero-order valence-electron chi connectivity index (χ0n) is 28.4. The molecule has 1 atom stereocenters. The van der Waals surface area contributed by atoms with Crippen LogP contribution in [-0.4, -0.2) is 60.8 Å². The van der Waals surface area contributed by atoms with Gasteiger partial charge in [-0.2, -0.15) is 0 Å². The maximum Gasteiger partial charge on any atom is 0.341 e. The third-order valence-electron chi connectivity index (χ3n) is 8.59. The van der Waals surface area contributed by atoms with E-state index in [1.165, 1.54) is 57.7 Å². The van der Waals surface area contributed by atoms with Crippen molar-refractivity contribution in [3.63, 3.8) is 0 Å². The number of carboxylic acid groups (broad SMARTS) is 2. The summed E-state index contributed by atoms with van der Waals surface area (Å²) in [5.74, 6) is -2.56. The summed E-state index contributed by atoms with van der Waals surface area (Å²) in [5.41, 5.74) is 1.21. The van der Waals surface area contributed by atoms with E-state index in [-0.39, 0.29) is 56.2 Å². The summed E-state index contributed by atoms with van der Waals surface area (Å²) in [7, 11) is 0.138. The molecule has 6 rings (SSSR count). The van der Waals surface area contributed by atoms with E-state index in [1.807, 2.05) is 0 Å². The summed E-state index contributed by atoms with van der Waals surface area (Å²) < 4.78 is 43.7. The molecule has 4 aromatic carbocycles. The average Bonchev–Trinajstić information content (AvgIpc) is 3.16. The maximum atomic E-state index is 15.8. The Hall–Kier alpha value is -6.66. The number of methoxy groups -OCH3 is 3. The van der Waals surface area contributed by atoms with Gasteiger partial charge < -0.3 is 38.5 Å². The molecule has 0 saturated heterocycles. The number of aromatic carboxylic acids is 1. The van der Waals surface area contributed by atoms with Crippen LogP contribution in [0.4, 0.5) is 5.69 Å². The second-order valence-corrected chi connectivity index (χ2v) is 14.3. The lowest BCUT2D eigenvalue weighted by Crippen LogP contribution is -2.27. The van der Waals surface area contributed by atoms with E-state index >= 15 is 4.57 Å². The van der Waals surface area contributed by atoms with Gasteiger partial charge in [0.25, 0.3) is 5.69 Å². The number of benzene rings is 4. The van der Waals surface area contributed by atoms with Crippen LogP contribution in [0.3, 0.4) is 0 Å². The minimum atomic E-state index is -3.86. The minimum Gasteiger partial charge on any atom is -0.496 e. The van der Waals surface area contributed by atoms with E-state index in [4.69, 9.17) is 28.8 Å². The molecule has 14 nitrogen and oxygen atoms in total. The highest BCUT2D eigenvalue weighted by Gasteiger charge is 2.43. The van der Waals surface area contributed by atoms with Crippen LogP contribution in [0.25, 0.3) is 5.57 Å². The van der Waals surface area contributed by atoms with Gasteiger partial charge in [0.05, 0.1) is 49.0 Å². The van der Waals surface area contributed by atoms with Gasteiger partial charge >= 0.3 is 11.9 Å². The molecule has 15 heteroatoms. The molecule has 2 aliphatic rings. The number of aliphatic carboxylic acids is 1. The van der Waals surface area contributed by atoms with Crippen molar-refractivity contribution in [1.82, 2.24) is 0 Å². The first kappa shape index (κ1) is 36.1. The minimum absolute atomic E-state index is 0.0294. The van der Waals surface area contributed by atoms with Crippen molar-refractivity contribution >= 4 is 46.7 Å². The lowest BCUT2D eigenvalue weighted by atomic mass is 9.88. The predicted molar refractivity (Wildman–Crippen MR) is 192 cm³/mol. The quantitative estimate of drug-likeness (QED) is 0.0989. The lowest BCUT2D eigenvalue weighted by Gasteiger charge is -2.34. The number of fused-ring (bicyclic) bond motifs is 2. The van der Waals surface area contributed by atoms with E-state index in [9.17, 15) is 29.6 Å². The number of carbonyl (C=O) groups is 3. The van der Waals surface area contributed by atoms with Gasteiger partial charge in [-0.25, -0.2) is 9.59 Å². The standard InChI is InChI=1S/C38H30NO13P/c1-48-29-18-28(39(45)46)22(15-30(29)52-20-35(41)42)19-51-24-10-12-27-34(17-24)53(47,25-7-5-4-6-8-25)33-16-23(40)9-11-26(33)36(27)37-31(49-2)13-21(38(43)44)14-32(37)50-3/h4-18H,19-20H2,1-3H3,(H,41,42)(H,43,44). The first-order valence-electron chi connectivity index (χ1n) is 15.7. The van der Waals surface area contributed by atoms with E-state index in [0.717, 1.165) is 6.07 Å². The first-order valence-corrected chi connectivity index (χ1v) is 17.4. The number of ether oxygens (including phenoxy) is 5. The SMILES string of the molecule is COc1cc([N+](=O)[O-])c(COc2ccc3c(c2)P(=O)(c2ccccc2)C2=CC(=O)C=CC2=C3c2c(OC)cc(C(=O)O)cc2OC)cc1OCC(=O)O. The average molecular weight is 740 g/mol. The molecule has 1 aliphatic carbocycles. The van der Waals surface area contributed by atoms with Crippen LogP contribution in [0.15, 0.2) is 102 Å². The summed E-state index contributed by atoms with van der Waals surface area (Å²) >= 11 is 0. The number of allylic oxidation sites excluding steroid dienone is 5. The number of nitrogens with zero attached hydrogens (tertiary/aromatic N) is 1. The number of hydrogen-bond donors (Lipinski definition) is 2. The van der Waals surface area contributed by atoms with Gasteiger partial charge in [-0.3, -0.25) is 14.9 Å². The van der Waals surface area contributed by atoms with Crippen molar-refractivity contribution in [2.24, 2.45) is 0 Å². The zero-order valence-corrected chi connectivity index (χ0v) is 29.2. The largest absolute Gasteiger partial charge is 0.496 e. The normalized spacial score (nSPS) is 15.8. The molecule has 0 bridgehead atoms. The summed E-state index contributed by atoms with van der Waals surface area (Å²) in [5, 5.41) is 31.8. The third kappa shape index (κ3) is 6.63. The Balaban J connectivity index is 1.56. The highest BCUT2D eigenvalue weighted by molar-refractivity contribution is 7.83. The fourth-order valence-corrected chi connectivity index (χ4v) is 9.33. The van der Waals surface area contributed by atoms with E-state index in [0.29, 0.717) is 27.6 Å². The lowest BCUT2D eigenvalue weighted by molar-refractivity contribution is -0.385. The molecule has 2 N–H and O–H groups in total. The summed E-state index contributed by atoms with van der Waals surface area (Å²) in [6, 6.07) is 18.4. The number of carbonyl (C=O) groups excluding carboxylic acids is 1. The second-order valence-electron chi connectivity index (χ2n) is 11.6. The Morgan fingerprint density at radius 2 is 1.51 bits per heavy atom. The Morgan fingerprint density at radius 1 is 0.830 bits per heavy atom. The molecule has 1 heterocycles. The van der Waals surface area contributed by atoms with E-state index in [2.05, 4.69) is 0 Å². The van der Waals surface area contributed by atoms with Crippen molar-refractivity contribution in [1.29, 1.82) is 0 Å². The van der Waals surface area contributed by atoms with Crippen molar-refractivity contribution in [2.45, 2.75) is 6.61 Å². The third-order valence-corrected chi connectivity index (χ3v) is 11.7. The van der Waals surface area contributed by atoms with Gasteiger partial charge in [0, 0.05) is 21.5 Å². The Morgan fingerprint density at radius 3 is 2.11 bits per heavy atom. The fourth-order valence-electron chi connectivity index (χ4n) is 6.25. The van der Waals surface area contributed by atoms with Crippen LogP contribution in [0.2, 0.25) is 0 Å². The number of nitro groups is 1. The topological polar surface area (TPSA) is 198 Å². The number of nitro benzene ring substituents is 1. The molecule has 4 aromatic rings. The monoisotopic (exact) mass is 739 g/mol. The molecular weight excluding hydrogens is 709 g/mol. The van der Waals surface area contributed by atoms with E-state index < -0.39 is 43.0 Å². The Kier molecular flexibility index (Phi) is 9.90. The highest BCUT2D eigenvalue weighted by Crippen LogP contribution is 2.62. The summed E-state index contributed by atoms with van der Waals surface area (Å²) in [6.45, 7) is -1.12. The maximum absolute atomic E-state index is 15.8. The van der Waals surface area contributed by atoms with Gasteiger partial charge in [0.1, 0.15) is 23.9 Å². The summed E-state index contributed by atoms with van der Waals surface area (Å²) in [6.07, 6.45) is 4.22. The molecule has 53 heavy (non-hydrogen) atoms. The van der Waals surface area contributed by atoms with Crippen molar-refractivity contribution in [3.05, 3.63) is 134 Å². The number of carboxylic acids is 2. The summed E-state index contributed by atoms with van der Waals surface area (Å²) in [4.78, 5) is 47.5. The Bertz CT molecular complexity index is 2320. The second kappa shape index (κ2) is 14.5.